The third-order valence-electron chi connectivity index (χ3n) is 12.4. The highest BCUT2D eigenvalue weighted by atomic mass is 16.3. The second-order valence-electron chi connectivity index (χ2n) is 15.9. The summed E-state index contributed by atoms with van der Waals surface area (Å²) in [6.07, 6.45) is 0. The fourth-order valence-corrected chi connectivity index (χ4v) is 9.72. The van der Waals surface area contributed by atoms with E-state index in [2.05, 4.69) is 204 Å². The Morgan fingerprint density at radius 1 is 0.419 bits per heavy atom. The monoisotopic (exact) mass is 793 g/mol. The van der Waals surface area contributed by atoms with Gasteiger partial charge in [0.1, 0.15) is 16.7 Å². The van der Waals surface area contributed by atoms with Gasteiger partial charge in [0.05, 0.1) is 22.4 Å². The molecule has 0 saturated heterocycles. The average molecular weight is 794 g/mol. The summed E-state index contributed by atoms with van der Waals surface area (Å²) < 4.78 is 15.8. The lowest BCUT2D eigenvalue weighted by Crippen LogP contribution is -2.11. The maximum atomic E-state index is 7.00. The SMILES string of the molecule is c1ccc(-n2c3ccccc3c3c4ccccc4c(N(c4cccc(-c5cccc6oc7ccccc7c56)c4)c4cccc5nc(-c6cccc7ccccc67)oc45)cc32)cc1. The molecule has 0 saturated carbocycles. The Labute approximate surface area is 355 Å². The van der Waals surface area contributed by atoms with Crippen LogP contribution in [0.4, 0.5) is 17.1 Å². The first-order valence-corrected chi connectivity index (χ1v) is 21.0. The van der Waals surface area contributed by atoms with Gasteiger partial charge in [-0.25, -0.2) is 4.98 Å². The van der Waals surface area contributed by atoms with Gasteiger partial charge in [0, 0.05) is 43.9 Å². The van der Waals surface area contributed by atoms with Crippen molar-refractivity contribution in [2.45, 2.75) is 0 Å². The zero-order chi connectivity index (χ0) is 40.7. The Hall–Kier alpha value is -8.41. The largest absolute Gasteiger partial charge is 0.456 e. The Morgan fingerprint density at radius 2 is 1.10 bits per heavy atom. The molecule has 0 N–H and O–H groups in total. The minimum Gasteiger partial charge on any atom is -0.456 e. The van der Waals surface area contributed by atoms with Gasteiger partial charge in [-0.15, -0.1) is 0 Å². The van der Waals surface area contributed by atoms with Crippen LogP contribution in [0.15, 0.2) is 221 Å². The van der Waals surface area contributed by atoms with Crippen molar-refractivity contribution in [3.63, 3.8) is 0 Å². The van der Waals surface area contributed by atoms with Gasteiger partial charge in [0.25, 0.3) is 0 Å². The summed E-state index contributed by atoms with van der Waals surface area (Å²) >= 11 is 0. The first-order chi connectivity index (χ1) is 30.8. The first kappa shape index (κ1) is 34.5. The fourth-order valence-electron chi connectivity index (χ4n) is 9.72. The summed E-state index contributed by atoms with van der Waals surface area (Å²) in [5, 5.41) is 9.14. The van der Waals surface area contributed by atoms with Crippen LogP contribution in [-0.4, -0.2) is 9.55 Å². The zero-order valence-corrected chi connectivity index (χ0v) is 33.4. The molecule has 0 aliphatic heterocycles. The van der Waals surface area contributed by atoms with Crippen molar-refractivity contribution < 1.29 is 8.83 Å². The molecule has 0 spiro atoms. The van der Waals surface area contributed by atoms with Crippen molar-refractivity contribution in [3.8, 4) is 28.3 Å². The molecule has 13 rings (SSSR count). The van der Waals surface area contributed by atoms with Crippen molar-refractivity contribution in [1.82, 2.24) is 9.55 Å². The van der Waals surface area contributed by atoms with Crippen LogP contribution in [0, 0.1) is 0 Å². The van der Waals surface area contributed by atoms with Gasteiger partial charge < -0.3 is 18.3 Å². The van der Waals surface area contributed by atoms with Gasteiger partial charge in [-0.3, -0.25) is 0 Å². The average Bonchev–Trinajstić information content (AvgIpc) is 4.04. The molecule has 0 fully saturated rings. The molecule has 0 atom stereocenters. The van der Waals surface area contributed by atoms with E-state index in [0.717, 1.165) is 94.1 Å². The van der Waals surface area contributed by atoms with E-state index < -0.39 is 0 Å². The molecular weight excluding hydrogens is 759 g/mol. The number of furan rings is 1. The second-order valence-corrected chi connectivity index (χ2v) is 15.9. The van der Waals surface area contributed by atoms with E-state index >= 15 is 0 Å². The molecule has 0 unspecified atom stereocenters. The molecule has 5 heteroatoms. The number of para-hydroxylation sites is 4. The molecule has 5 nitrogen and oxygen atoms in total. The predicted molar refractivity (Wildman–Crippen MR) is 256 cm³/mol. The summed E-state index contributed by atoms with van der Waals surface area (Å²) in [5.74, 6) is 0.584. The number of oxazole rings is 1. The Balaban J connectivity index is 1.12. The first-order valence-electron chi connectivity index (χ1n) is 21.0. The lowest BCUT2D eigenvalue weighted by molar-refractivity contribution is 0.621. The molecular formula is C57H35N3O2. The minimum atomic E-state index is 0.584. The van der Waals surface area contributed by atoms with Crippen LogP contribution in [0.5, 0.6) is 0 Å². The second kappa shape index (κ2) is 13.6. The predicted octanol–water partition coefficient (Wildman–Crippen LogP) is 15.9. The normalized spacial score (nSPS) is 11.9. The summed E-state index contributed by atoms with van der Waals surface area (Å²) in [5.41, 5.74) is 12.6. The van der Waals surface area contributed by atoms with E-state index in [9.17, 15) is 0 Å². The molecule has 13 aromatic rings. The van der Waals surface area contributed by atoms with Crippen LogP contribution in [0.2, 0.25) is 0 Å². The van der Waals surface area contributed by atoms with Crippen molar-refractivity contribution in [2.75, 3.05) is 4.90 Å². The number of rotatable bonds is 6. The summed E-state index contributed by atoms with van der Waals surface area (Å²) in [6, 6.07) is 75.0. The molecule has 0 amide bonds. The number of anilines is 3. The fraction of sp³-hybridized carbons (Fsp3) is 0. The van der Waals surface area contributed by atoms with Crippen LogP contribution in [-0.2, 0) is 0 Å². The number of aromatic nitrogens is 2. The van der Waals surface area contributed by atoms with Crippen LogP contribution >= 0.6 is 0 Å². The van der Waals surface area contributed by atoms with Crippen LogP contribution in [0.3, 0.4) is 0 Å². The molecule has 10 aromatic carbocycles. The van der Waals surface area contributed by atoms with E-state index in [-0.39, 0.29) is 0 Å². The number of hydrogen-bond acceptors (Lipinski definition) is 4. The highest BCUT2D eigenvalue weighted by molar-refractivity contribution is 6.25. The smallest absolute Gasteiger partial charge is 0.228 e. The van der Waals surface area contributed by atoms with E-state index in [1.807, 2.05) is 18.2 Å². The third kappa shape index (κ3) is 5.18. The maximum absolute atomic E-state index is 7.00. The van der Waals surface area contributed by atoms with Gasteiger partial charge in [0.2, 0.25) is 5.89 Å². The van der Waals surface area contributed by atoms with E-state index in [1.165, 1.54) is 16.2 Å². The summed E-state index contributed by atoms with van der Waals surface area (Å²) in [4.78, 5) is 7.54. The van der Waals surface area contributed by atoms with Gasteiger partial charge in [0.15, 0.2) is 5.58 Å². The zero-order valence-electron chi connectivity index (χ0n) is 33.4. The van der Waals surface area contributed by atoms with Crippen LogP contribution in [0.25, 0.3) is 105 Å². The Bertz CT molecular complexity index is 3890. The molecule has 62 heavy (non-hydrogen) atoms. The van der Waals surface area contributed by atoms with Crippen molar-refractivity contribution in [1.29, 1.82) is 0 Å². The van der Waals surface area contributed by atoms with Gasteiger partial charge in [-0.2, -0.15) is 0 Å². The number of fused-ring (bicyclic) bond motifs is 10. The van der Waals surface area contributed by atoms with Gasteiger partial charge in [-0.05, 0) is 94.0 Å². The minimum absolute atomic E-state index is 0.584. The molecule has 3 aromatic heterocycles. The molecule has 0 bridgehead atoms. The lowest BCUT2D eigenvalue weighted by Gasteiger charge is -2.28. The summed E-state index contributed by atoms with van der Waals surface area (Å²) in [6.45, 7) is 0. The topological polar surface area (TPSA) is 47.3 Å². The van der Waals surface area contributed by atoms with Crippen molar-refractivity contribution >= 4 is 93.5 Å². The number of nitrogens with zero attached hydrogens (tertiary/aromatic N) is 3. The van der Waals surface area contributed by atoms with Crippen LogP contribution < -0.4 is 4.90 Å². The number of hydrogen-bond donors (Lipinski definition) is 0. The van der Waals surface area contributed by atoms with Crippen molar-refractivity contribution in [2.24, 2.45) is 0 Å². The quantitative estimate of drug-likeness (QED) is 0.168. The van der Waals surface area contributed by atoms with Gasteiger partial charge in [-0.1, -0.05) is 146 Å². The standard InChI is InChI=1S/C57H35N3O2/c1-2-19-38(20-3-1)59-48-30-10-8-25-45(48)54-43-24-7-6-23-42(43)50(35-51(54)59)60(39-21-12-18-37(34-39)41-27-14-33-53-55(41)46-26-9-11-32-52(46)61-53)49-31-15-29-47-56(49)62-57(58-47)44-28-13-17-36-16-4-5-22-40(36)44/h1-35H. The molecule has 0 aliphatic rings. The van der Waals surface area contributed by atoms with Gasteiger partial charge >= 0.3 is 0 Å². The van der Waals surface area contributed by atoms with E-state index in [0.29, 0.717) is 11.5 Å². The molecule has 3 heterocycles. The third-order valence-corrected chi connectivity index (χ3v) is 12.4. The molecule has 0 radical (unpaired) electrons. The van der Waals surface area contributed by atoms with Crippen LogP contribution in [0.1, 0.15) is 0 Å². The summed E-state index contributed by atoms with van der Waals surface area (Å²) in [7, 11) is 0. The highest BCUT2D eigenvalue weighted by Gasteiger charge is 2.25. The number of benzene rings is 10. The van der Waals surface area contributed by atoms with Crippen molar-refractivity contribution in [3.05, 3.63) is 212 Å². The highest BCUT2D eigenvalue weighted by Crippen LogP contribution is 2.48. The lowest BCUT2D eigenvalue weighted by atomic mass is 9.98. The Morgan fingerprint density at radius 3 is 2.00 bits per heavy atom. The Kier molecular flexibility index (Phi) is 7.54. The van der Waals surface area contributed by atoms with E-state index in [4.69, 9.17) is 13.8 Å². The maximum Gasteiger partial charge on any atom is 0.228 e. The molecule has 290 valence electrons. The molecule has 0 aliphatic carbocycles. The van der Waals surface area contributed by atoms with E-state index in [1.54, 1.807) is 0 Å².